The van der Waals surface area contributed by atoms with Crippen LogP contribution in [0.25, 0.3) is 0 Å². The van der Waals surface area contributed by atoms with Crippen LogP contribution in [-0.4, -0.2) is 21.9 Å². The summed E-state index contributed by atoms with van der Waals surface area (Å²) in [4.78, 5) is 20.1. The SMILES string of the molecule is Cc1ccccc1Nc1cc(C(=O)NC2CC2)ncn1. The van der Waals surface area contributed by atoms with Gasteiger partial charge in [-0.3, -0.25) is 4.79 Å². The van der Waals surface area contributed by atoms with E-state index in [1.54, 1.807) is 6.07 Å². The Bertz CT molecular complexity index is 637. The Morgan fingerprint density at radius 2 is 2.05 bits per heavy atom. The Balaban J connectivity index is 1.77. The molecule has 20 heavy (non-hydrogen) atoms. The molecule has 1 amide bonds. The van der Waals surface area contributed by atoms with Gasteiger partial charge in [-0.2, -0.15) is 0 Å². The van der Waals surface area contributed by atoms with Crippen LogP contribution in [0.15, 0.2) is 36.7 Å². The molecule has 0 unspecified atom stereocenters. The van der Waals surface area contributed by atoms with Crippen molar-refractivity contribution in [1.82, 2.24) is 15.3 Å². The first-order chi connectivity index (χ1) is 9.72. The fraction of sp³-hybridized carbons (Fsp3) is 0.267. The van der Waals surface area contributed by atoms with Crippen molar-refractivity contribution >= 4 is 17.4 Å². The summed E-state index contributed by atoms with van der Waals surface area (Å²) in [6.45, 7) is 2.02. The summed E-state index contributed by atoms with van der Waals surface area (Å²) >= 11 is 0. The third-order valence-corrected chi connectivity index (χ3v) is 3.22. The van der Waals surface area contributed by atoms with Crippen molar-refractivity contribution < 1.29 is 4.79 Å². The smallest absolute Gasteiger partial charge is 0.270 e. The van der Waals surface area contributed by atoms with Gasteiger partial charge in [0.2, 0.25) is 0 Å². The number of hydrogen-bond donors (Lipinski definition) is 2. The lowest BCUT2D eigenvalue weighted by molar-refractivity contribution is 0.0946. The molecule has 1 aliphatic rings. The van der Waals surface area contributed by atoms with E-state index in [0.29, 0.717) is 17.6 Å². The number of para-hydroxylation sites is 1. The van der Waals surface area contributed by atoms with Gasteiger partial charge in [0, 0.05) is 17.8 Å². The van der Waals surface area contributed by atoms with Crippen LogP contribution in [0.4, 0.5) is 11.5 Å². The first-order valence-corrected chi connectivity index (χ1v) is 6.68. The fourth-order valence-corrected chi connectivity index (χ4v) is 1.89. The second-order valence-corrected chi connectivity index (χ2v) is 4.98. The Morgan fingerprint density at radius 3 is 2.80 bits per heavy atom. The van der Waals surface area contributed by atoms with E-state index in [1.807, 2.05) is 31.2 Å². The van der Waals surface area contributed by atoms with Gasteiger partial charge in [-0.1, -0.05) is 18.2 Å². The molecule has 0 spiro atoms. The van der Waals surface area contributed by atoms with Crippen LogP contribution in [0.5, 0.6) is 0 Å². The molecule has 102 valence electrons. The van der Waals surface area contributed by atoms with Crippen LogP contribution in [0, 0.1) is 6.92 Å². The van der Waals surface area contributed by atoms with Gasteiger partial charge in [-0.25, -0.2) is 9.97 Å². The van der Waals surface area contributed by atoms with Crippen molar-refractivity contribution in [1.29, 1.82) is 0 Å². The zero-order valence-electron chi connectivity index (χ0n) is 11.3. The molecule has 1 aromatic carbocycles. The molecule has 5 nitrogen and oxygen atoms in total. The highest BCUT2D eigenvalue weighted by molar-refractivity contribution is 5.93. The summed E-state index contributed by atoms with van der Waals surface area (Å²) in [7, 11) is 0. The topological polar surface area (TPSA) is 66.9 Å². The number of anilines is 2. The molecule has 0 saturated heterocycles. The number of amides is 1. The van der Waals surface area contributed by atoms with E-state index in [2.05, 4.69) is 20.6 Å². The van der Waals surface area contributed by atoms with Crippen LogP contribution in [0.2, 0.25) is 0 Å². The lowest BCUT2D eigenvalue weighted by Crippen LogP contribution is -2.26. The van der Waals surface area contributed by atoms with E-state index in [-0.39, 0.29) is 5.91 Å². The predicted molar refractivity (Wildman–Crippen MR) is 77.0 cm³/mol. The molecule has 1 saturated carbocycles. The molecule has 1 aromatic heterocycles. The zero-order valence-corrected chi connectivity index (χ0v) is 11.3. The summed E-state index contributed by atoms with van der Waals surface area (Å²) in [5, 5.41) is 6.12. The summed E-state index contributed by atoms with van der Waals surface area (Å²) in [5.41, 5.74) is 2.48. The lowest BCUT2D eigenvalue weighted by Gasteiger charge is -2.09. The predicted octanol–water partition coefficient (Wildman–Crippen LogP) is 2.42. The van der Waals surface area contributed by atoms with Crippen LogP contribution in [0.1, 0.15) is 28.9 Å². The van der Waals surface area contributed by atoms with Crippen LogP contribution in [0.3, 0.4) is 0 Å². The third kappa shape index (κ3) is 2.93. The molecule has 3 rings (SSSR count). The van der Waals surface area contributed by atoms with E-state index in [9.17, 15) is 4.79 Å². The minimum atomic E-state index is -0.136. The average Bonchev–Trinajstić information content (AvgIpc) is 3.26. The Labute approximate surface area is 117 Å². The average molecular weight is 268 g/mol. The molecule has 1 aliphatic carbocycles. The van der Waals surface area contributed by atoms with Gasteiger partial charge in [0.1, 0.15) is 17.8 Å². The van der Waals surface area contributed by atoms with Gasteiger partial charge in [-0.05, 0) is 31.4 Å². The molecule has 0 radical (unpaired) electrons. The Morgan fingerprint density at radius 1 is 1.25 bits per heavy atom. The molecule has 5 heteroatoms. The summed E-state index contributed by atoms with van der Waals surface area (Å²) in [6, 6.07) is 9.92. The minimum Gasteiger partial charge on any atom is -0.348 e. The van der Waals surface area contributed by atoms with Gasteiger partial charge in [0.15, 0.2) is 0 Å². The van der Waals surface area contributed by atoms with Crippen molar-refractivity contribution in [3.05, 3.63) is 47.9 Å². The minimum absolute atomic E-state index is 0.136. The first kappa shape index (κ1) is 12.6. The lowest BCUT2D eigenvalue weighted by atomic mass is 10.2. The molecule has 0 aliphatic heterocycles. The van der Waals surface area contributed by atoms with Gasteiger partial charge >= 0.3 is 0 Å². The largest absolute Gasteiger partial charge is 0.348 e. The van der Waals surface area contributed by atoms with Gasteiger partial charge in [-0.15, -0.1) is 0 Å². The monoisotopic (exact) mass is 268 g/mol. The first-order valence-electron chi connectivity index (χ1n) is 6.68. The number of carbonyl (C=O) groups excluding carboxylic acids is 1. The molecular weight excluding hydrogens is 252 g/mol. The molecular formula is C15H16N4O. The van der Waals surface area contributed by atoms with E-state index < -0.39 is 0 Å². The van der Waals surface area contributed by atoms with Gasteiger partial charge < -0.3 is 10.6 Å². The molecule has 1 heterocycles. The standard InChI is InChI=1S/C15H16N4O/c1-10-4-2-3-5-12(10)19-14-8-13(16-9-17-14)15(20)18-11-6-7-11/h2-5,8-9,11H,6-7H2,1H3,(H,18,20)(H,16,17,19). The number of rotatable bonds is 4. The number of benzene rings is 1. The van der Waals surface area contributed by atoms with Crippen molar-refractivity contribution in [3.8, 4) is 0 Å². The number of carbonyl (C=O) groups is 1. The number of hydrogen-bond acceptors (Lipinski definition) is 4. The van der Waals surface area contributed by atoms with Crippen molar-refractivity contribution in [2.75, 3.05) is 5.32 Å². The second kappa shape index (κ2) is 5.28. The normalized spacial score (nSPS) is 13.8. The van der Waals surface area contributed by atoms with Gasteiger partial charge in [0.05, 0.1) is 0 Å². The summed E-state index contributed by atoms with van der Waals surface area (Å²) < 4.78 is 0. The molecule has 2 N–H and O–H groups in total. The van der Waals surface area contributed by atoms with E-state index in [0.717, 1.165) is 24.1 Å². The van der Waals surface area contributed by atoms with Crippen LogP contribution < -0.4 is 10.6 Å². The molecule has 0 atom stereocenters. The highest BCUT2D eigenvalue weighted by atomic mass is 16.2. The van der Waals surface area contributed by atoms with Crippen LogP contribution in [-0.2, 0) is 0 Å². The van der Waals surface area contributed by atoms with Crippen molar-refractivity contribution in [2.45, 2.75) is 25.8 Å². The second-order valence-electron chi connectivity index (χ2n) is 4.98. The van der Waals surface area contributed by atoms with E-state index >= 15 is 0 Å². The maximum atomic E-state index is 11.9. The summed E-state index contributed by atoms with van der Waals surface area (Å²) in [5.74, 6) is 0.484. The Hall–Kier alpha value is -2.43. The van der Waals surface area contributed by atoms with Crippen molar-refractivity contribution in [3.63, 3.8) is 0 Å². The van der Waals surface area contributed by atoms with E-state index in [1.165, 1.54) is 6.33 Å². The number of aryl methyl sites for hydroxylation is 1. The summed E-state index contributed by atoms with van der Waals surface area (Å²) in [6.07, 6.45) is 3.53. The number of nitrogens with zero attached hydrogens (tertiary/aromatic N) is 2. The van der Waals surface area contributed by atoms with Crippen LogP contribution >= 0.6 is 0 Å². The highest BCUT2D eigenvalue weighted by Gasteiger charge is 2.24. The molecule has 0 bridgehead atoms. The quantitative estimate of drug-likeness (QED) is 0.893. The fourth-order valence-electron chi connectivity index (χ4n) is 1.89. The maximum absolute atomic E-state index is 11.9. The van der Waals surface area contributed by atoms with Crippen molar-refractivity contribution in [2.24, 2.45) is 0 Å². The van der Waals surface area contributed by atoms with Gasteiger partial charge in [0.25, 0.3) is 5.91 Å². The molecule has 1 fully saturated rings. The zero-order chi connectivity index (χ0) is 13.9. The third-order valence-electron chi connectivity index (χ3n) is 3.22. The Kier molecular flexibility index (Phi) is 3.33. The molecule has 2 aromatic rings. The number of nitrogens with one attached hydrogen (secondary N) is 2. The number of aromatic nitrogens is 2. The van der Waals surface area contributed by atoms with E-state index in [4.69, 9.17) is 0 Å². The maximum Gasteiger partial charge on any atom is 0.270 e. The highest BCUT2D eigenvalue weighted by Crippen LogP contribution is 2.20.